The minimum absolute atomic E-state index is 0.0416. The maximum Gasteiger partial charge on any atom is 0.372 e. The number of aromatic carboxylic acids is 1. The summed E-state index contributed by atoms with van der Waals surface area (Å²) in [6.45, 7) is 1.87. The van der Waals surface area contributed by atoms with Crippen LogP contribution >= 0.6 is 15.9 Å². The fourth-order valence-electron chi connectivity index (χ4n) is 3.63. The number of hydrogen-bond acceptors (Lipinski definition) is 5. The van der Waals surface area contributed by atoms with E-state index in [0.29, 0.717) is 37.3 Å². The highest BCUT2D eigenvalue weighted by Gasteiger charge is 2.22. The van der Waals surface area contributed by atoms with E-state index in [1.165, 1.54) is 0 Å². The molecule has 0 amide bonds. The molecule has 4 aromatic rings. The number of halogens is 1. The van der Waals surface area contributed by atoms with Crippen molar-refractivity contribution >= 4 is 32.9 Å². The predicted molar refractivity (Wildman–Crippen MR) is 120 cm³/mol. The molecule has 2 N–H and O–H groups in total. The van der Waals surface area contributed by atoms with Crippen molar-refractivity contribution in [3.63, 3.8) is 0 Å². The summed E-state index contributed by atoms with van der Waals surface area (Å²) in [6, 6.07) is 15.5. The molecule has 31 heavy (non-hydrogen) atoms. The molecule has 0 saturated heterocycles. The van der Waals surface area contributed by atoms with Gasteiger partial charge in [-0.25, -0.2) is 4.79 Å². The Morgan fingerprint density at radius 1 is 1.13 bits per heavy atom. The van der Waals surface area contributed by atoms with E-state index >= 15 is 0 Å². The molecular formula is C23H22BrN3O4. The number of rotatable bonds is 9. The van der Waals surface area contributed by atoms with Crippen molar-refractivity contribution in [2.75, 3.05) is 13.2 Å². The summed E-state index contributed by atoms with van der Waals surface area (Å²) in [4.78, 5) is 13.8. The van der Waals surface area contributed by atoms with E-state index in [1.54, 1.807) is 12.3 Å². The number of aliphatic hydroxyl groups is 1. The molecule has 4 rings (SSSR count). The number of aromatic nitrogens is 2. The molecule has 2 aromatic heterocycles. The van der Waals surface area contributed by atoms with Crippen LogP contribution in [0.25, 0.3) is 11.0 Å². The smallest absolute Gasteiger partial charge is 0.372 e. The Bertz CT molecular complexity index is 1190. The van der Waals surface area contributed by atoms with E-state index in [0.717, 1.165) is 21.0 Å². The Labute approximate surface area is 187 Å². The van der Waals surface area contributed by atoms with Gasteiger partial charge in [0.1, 0.15) is 5.58 Å². The Balaban J connectivity index is 1.56. The van der Waals surface area contributed by atoms with Crippen LogP contribution in [0.1, 0.15) is 27.2 Å². The van der Waals surface area contributed by atoms with Crippen LogP contribution in [0.2, 0.25) is 0 Å². The van der Waals surface area contributed by atoms with Crippen molar-refractivity contribution < 1.29 is 19.4 Å². The minimum atomic E-state index is -1.11. The van der Waals surface area contributed by atoms with Gasteiger partial charge in [-0.05, 0) is 23.8 Å². The third-order valence-electron chi connectivity index (χ3n) is 5.03. The SMILES string of the molecule is O=C(O)c1oc2ccc(Br)cc2c1CN(CCO)Cc1cnn(Cc2ccccc2)c1. The third-order valence-corrected chi connectivity index (χ3v) is 5.52. The number of carbonyl (C=O) groups is 1. The van der Waals surface area contributed by atoms with E-state index in [2.05, 4.69) is 33.2 Å². The zero-order valence-corrected chi connectivity index (χ0v) is 18.3. The molecule has 0 unspecified atom stereocenters. The molecular weight excluding hydrogens is 462 g/mol. The summed E-state index contributed by atoms with van der Waals surface area (Å²) >= 11 is 3.44. The van der Waals surface area contributed by atoms with Crippen LogP contribution in [0.15, 0.2) is 69.8 Å². The van der Waals surface area contributed by atoms with Crippen molar-refractivity contribution in [1.82, 2.24) is 14.7 Å². The monoisotopic (exact) mass is 483 g/mol. The molecule has 160 valence electrons. The van der Waals surface area contributed by atoms with Crippen molar-refractivity contribution in [1.29, 1.82) is 0 Å². The first-order valence-electron chi connectivity index (χ1n) is 9.86. The summed E-state index contributed by atoms with van der Waals surface area (Å²) in [6.07, 6.45) is 3.77. The zero-order valence-electron chi connectivity index (χ0n) is 16.7. The molecule has 0 radical (unpaired) electrons. The molecule has 0 atom stereocenters. The van der Waals surface area contributed by atoms with Crippen LogP contribution in [0.5, 0.6) is 0 Å². The topological polar surface area (TPSA) is 91.7 Å². The lowest BCUT2D eigenvalue weighted by atomic mass is 10.1. The number of furan rings is 1. The fraction of sp³-hybridized carbons (Fsp3) is 0.217. The summed E-state index contributed by atoms with van der Waals surface area (Å²) in [5.41, 5.74) is 3.25. The largest absolute Gasteiger partial charge is 0.475 e. The molecule has 0 saturated carbocycles. The van der Waals surface area contributed by atoms with Gasteiger partial charge in [-0.15, -0.1) is 0 Å². The quantitative estimate of drug-likeness (QED) is 0.371. The Morgan fingerprint density at radius 2 is 1.94 bits per heavy atom. The van der Waals surface area contributed by atoms with Gasteiger partial charge in [-0.2, -0.15) is 5.10 Å². The van der Waals surface area contributed by atoms with Gasteiger partial charge in [-0.1, -0.05) is 46.3 Å². The first-order chi connectivity index (χ1) is 15.0. The highest BCUT2D eigenvalue weighted by atomic mass is 79.9. The number of benzene rings is 2. The Hall–Kier alpha value is -2.94. The molecule has 0 aliphatic heterocycles. The van der Waals surface area contributed by atoms with Crippen LogP contribution in [0, 0.1) is 0 Å². The Morgan fingerprint density at radius 3 is 2.68 bits per heavy atom. The van der Waals surface area contributed by atoms with Gasteiger partial charge in [-0.3, -0.25) is 9.58 Å². The first kappa shape index (κ1) is 21.3. The Kier molecular flexibility index (Phi) is 6.50. The number of carboxylic acid groups (broad SMARTS) is 1. The first-order valence-corrected chi connectivity index (χ1v) is 10.7. The van der Waals surface area contributed by atoms with Gasteiger partial charge in [0, 0.05) is 46.8 Å². The normalized spacial score (nSPS) is 11.5. The lowest BCUT2D eigenvalue weighted by Crippen LogP contribution is -2.26. The van der Waals surface area contributed by atoms with Crippen LogP contribution in [-0.4, -0.2) is 44.0 Å². The van der Waals surface area contributed by atoms with Gasteiger partial charge in [0.05, 0.1) is 19.3 Å². The molecule has 0 aliphatic carbocycles. The molecule has 0 spiro atoms. The molecule has 2 heterocycles. The summed E-state index contributed by atoms with van der Waals surface area (Å²) in [7, 11) is 0. The molecule has 0 fully saturated rings. The van der Waals surface area contributed by atoms with Gasteiger partial charge in [0.25, 0.3) is 0 Å². The minimum Gasteiger partial charge on any atom is -0.475 e. The van der Waals surface area contributed by atoms with Crippen molar-refractivity contribution in [2.45, 2.75) is 19.6 Å². The second-order valence-corrected chi connectivity index (χ2v) is 8.24. The summed E-state index contributed by atoms with van der Waals surface area (Å²) in [5, 5.41) is 24.4. The van der Waals surface area contributed by atoms with E-state index in [-0.39, 0.29) is 12.4 Å². The van der Waals surface area contributed by atoms with Gasteiger partial charge in [0.2, 0.25) is 5.76 Å². The average Bonchev–Trinajstić information content (AvgIpc) is 3.33. The van der Waals surface area contributed by atoms with Crippen LogP contribution < -0.4 is 0 Å². The summed E-state index contributed by atoms with van der Waals surface area (Å²) < 4.78 is 8.30. The molecule has 0 bridgehead atoms. The third kappa shape index (κ3) is 5.04. The standard InChI is InChI=1S/C23H22BrN3O4/c24-18-6-7-21-19(10-18)20(22(31-21)23(29)30)15-26(8-9-28)12-17-11-25-27(14-17)13-16-4-2-1-3-5-16/h1-7,10-11,14,28H,8-9,12-13,15H2,(H,29,30). The second-order valence-electron chi connectivity index (χ2n) is 7.32. The van der Waals surface area contributed by atoms with Crippen molar-refractivity contribution in [2.24, 2.45) is 0 Å². The van der Waals surface area contributed by atoms with Crippen molar-refractivity contribution in [3.05, 3.63) is 87.8 Å². The number of carboxylic acids is 1. The highest BCUT2D eigenvalue weighted by molar-refractivity contribution is 9.10. The van der Waals surface area contributed by atoms with Crippen LogP contribution in [-0.2, 0) is 19.6 Å². The van der Waals surface area contributed by atoms with E-state index < -0.39 is 5.97 Å². The van der Waals surface area contributed by atoms with E-state index in [4.69, 9.17) is 4.42 Å². The fourth-order valence-corrected chi connectivity index (χ4v) is 3.99. The summed E-state index contributed by atoms with van der Waals surface area (Å²) in [5.74, 6) is -1.18. The lowest BCUT2D eigenvalue weighted by molar-refractivity contribution is 0.0661. The van der Waals surface area contributed by atoms with Crippen molar-refractivity contribution in [3.8, 4) is 0 Å². The number of fused-ring (bicyclic) bond motifs is 1. The van der Waals surface area contributed by atoms with Gasteiger partial charge >= 0.3 is 5.97 Å². The number of aliphatic hydroxyl groups excluding tert-OH is 1. The van der Waals surface area contributed by atoms with Gasteiger partial charge in [0.15, 0.2) is 0 Å². The second kappa shape index (κ2) is 9.47. The molecule has 0 aliphatic rings. The van der Waals surface area contributed by atoms with Gasteiger partial charge < -0.3 is 14.6 Å². The highest BCUT2D eigenvalue weighted by Crippen LogP contribution is 2.30. The average molecular weight is 484 g/mol. The lowest BCUT2D eigenvalue weighted by Gasteiger charge is -2.20. The van der Waals surface area contributed by atoms with Crippen LogP contribution in [0.3, 0.4) is 0 Å². The maximum absolute atomic E-state index is 11.8. The molecule has 8 heteroatoms. The molecule has 2 aromatic carbocycles. The van der Waals surface area contributed by atoms with E-state index in [1.807, 2.05) is 46.1 Å². The van der Waals surface area contributed by atoms with Crippen LogP contribution in [0.4, 0.5) is 0 Å². The predicted octanol–water partition coefficient (Wildman–Crippen LogP) is 4.13. The van der Waals surface area contributed by atoms with E-state index in [9.17, 15) is 15.0 Å². The molecule has 7 nitrogen and oxygen atoms in total. The maximum atomic E-state index is 11.8. The number of hydrogen-bond donors (Lipinski definition) is 2. The number of nitrogens with zero attached hydrogens (tertiary/aromatic N) is 3. The zero-order chi connectivity index (χ0) is 21.8.